The number of rotatable bonds is 1. The van der Waals surface area contributed by atoms with Gasteiger partial charge in [0.25, 0.3) is 0 Å². The molecule has 0 bridgehead atoms. The zero-order valence-electron chi connectivity index (χ0n) is 13.7. The Balaban J connectivity index is 2.07. The molecule has 1 aliphatic rings. The van der Waals surface area contributed by atoms with Crippen molar-refractivity contribution in [1.29, 1.82) is 0 Å². The highest BCUT2D eigenvalue weighted by molar-refractivity contribution is 6.19. The SMILES string of the molecule is CC(=O)N[C@H]1Cc2c(c3ccccc3c3ccccc23)N(C)C1=O. The third-order valence-electron chi connectivity index (χ3n) is 4.76. The molecule has 0 radical (unpaired) electrons. The molecule has 0 unspecified atom stereocenters. The molecular weight excluding hydrogens is 300 g/mol. The summed E-state index contributed by atoms with van der Waals surface area (Å²) in [6.07, 6.45) is 0.517. The van der Waals surface area contributed by atoms with E-state index in [1.165, 1.54) is 12.3 Å². The first kappa shape index (κ1) is 14.7. The lowest BCUT2D eigenvalue weighted by atomic mass is 9.88. The van der Waals surface area contributed by atoms with E-state index in [2.05, 4.69) is 29.6 Å². The van der Waals surface area contributed by atoms with Gasteiger partial charge >= 0.3 is 0 Å². The van der Waals surface area contributed by atoms with Crippen LogP contribution in [0.25, 0.3) is 21.5 Å². The lowest BCUT2D eigenvalue weighted by Crippen LogP contribution is -2.51. The third-order valence-corrected chi connectivity index (χ3v) is 4.76. The van der Waals surface area contributed by atoms with Crippen molar-refractivity contribution in [2.75, 3.05) is 11.9 Å². The van der Waals surface area contributed by atoms with Gasteiger partial charge < -0.3 is 10.2 Å². The second-order valence-corrected chi connectivity index (χ2v) is 6.27. The highest BCUT2D eigenvalue weighted by atomic mass is 16.2. The van der Waals surface area contributed by atoms with E-state index in [0.717, 1.165) is 27.4 Å². The van der Waals surface area contributed by atoms with Gasteiger partial charge in [-0.2, -0.15) is 0 Å². The van der Waals surface area contributed by atoms with Gasteiger partial charge in [-0.05, 0) is 21.7 Å². The van der Waals surface area contributed by atoms with Crippen LogP contribution in [0.3, 0.4) is 0 Å². The minimum atomic E-state index is -0.510. The van der Waals surface area contributed by atoms with E-state index >= 15 is 0 Å². The van der Waals surface area contributed by atoms with Gasteiger partial charge in [0.05, 0.1) is 5.69 Å². The van der Waals surface area contributed by atoms with Gasteiger partial charge in [0.15, 0.2) is 0 Å². The lowest BCUT2D eigenvalue weighted by Gasteiger charge is -2.34. The number of likely N-dealkylation sites (N-methyl/N-ethyl adjacent to an activating group) is 1. The van der Waals surface area contributed by atoms with Crippen molar-refractivity contribution >= 4 is 39.0 Å². The zero-order chi connectivity index (χ0) is 16.8. The Morgan fingerprint density at radius 2 is 1.54 bits per heavy atom. The molecule has 4 nitrogen and oxygen atoms in total. The molecule has 2 amide bonds. The largest absolute Gasteiger partial charge is 0.344 e. The van der Waals surface area contributed by atoms with E-state index < -0.39 is 6.04 Å². The van der Waals surface area contributed by atoms with Crippen molar-refractivity contribution in [3.8, 4) is 0 Å². The fourth-order valence-electron chi connectivity index (χ4n) is 3.78. The average Bonchev–Trinajstić information content (AvgIpc) is 2.59. The molecule has 0 spiro atoms. The van der Waals surface area contributed by atoms with Gasteiger partial charge in [0.2, 0.25) is 11.8 Å². The van der Waals surface area contributed by atoms with Crippen LogP contribution in [0.15, 0.2) is 48.5 Å². The molecule has 24 heavy (non-hydrogen) atoms. The van der Waals surface area contributed by atoms with Crippen LogP contribution in [0, 0.1) is 0 Å². The number of hydrogen-bond acceptors (Lipinski definition) is 2. The van der Waals surface area contributed by atoms with E-state index in [1.54, 1.807) is 11.9 Å². The fraction of sp³-hybridized carbons (Fsp3) is 0.200. The number of carbonyl (C=O) groups excluding carboxylic acids is 2. The number of hydrogen-bond donors (Lipinski definition) is 1. The lowest BCUT2D eigenvalue weighted by molar-refractivity contribution is -0.126. The number of fused-ring (bicyclic) bond motifs is 6. The number of carbonyl (C=O) groups is 2. The summed E-state index contributed by atoms with van der Waals surface area (Å²) >= 11 is 0. The molecule has 120 valence electrons. The predicted molar refractivity (Wildman–Crippen MR) is 96.2 cm³/mol. The molecule has 3 aromatic carbocycles. The predicted octanol–water partition coefficient (Wildman–Crippen LogP) is 3.02. The van der Waals surface area contributed by atoms with Crippen molar-refractivity contribution in [3.63, 3.8) is 0 Å². The third kappa shape index (κ3) is 2.07. The van der Waals surface area contributed by atoms with Crippen LogP contribution in [0.4, 0.5) is 5.69 Å². The number of nitrogens with zero attached hydrogens (tertiary/aromatic N) is 1. The highest BCUT2D eigenvalue weighted by Gasteiger charge is 2.33. The molecule has 3 aromatic rings. The monoisotopic (exact) mass is 318 g/mol. The van der Waals surface area contributed by atoms with Crippen LogP contribution < -0.4 is 10.2 Å². The fourth-order valence-corrected chi connectivity index (χ4v) is 3.78. The maximum Gasteiger partial charge on any atom is 0.249 e. The van der Waals surface area contributed by atoms with Crippen molar-refractivity contribution in [1.82, 2.24) is 5.32 Å². The maximum atomic E-state index is 12.7. The molecule has 0 fully saturated rings. The van der Waals surface area contributed by atoms with Crippen LogP contribution in [-0.4, -0.2) is 24.9 Å². The first-order chi connectivity index (χ1) is 11.6. The molecule has 4 rings (SSSR count). The van der Waals surface area contributed by atoms with Crippen molar-refractivity contribution in [3.05, 3.63) is 54.1 Å². The summed E-state index contributed by atoms with van der Waals surface area (Å²) < 4.78 is 0. The minimum Gasteiger partial charge on any atom is -0.344 e. The van der Waals surface area contributed by atoms with Crippen molar-refractivity contribution in [2.24, 2.45) is 0 Å². The molecule has 1 aliphatic heterocycles. The van der Waals surface area contributed by atoms with Gasteiger partial charge in [0, 0.05) is 25.8 Å². The quantitative estimate of drug-likeness (QED) is 0.701. The summed E-state index contributed by atoms with van der Waals surface area (Å²) in [7, 11) is 1.79. The smallest absolute Gasteiger partial charge is 0.249 e. The molecule has 4 heteroatoms. The van der Waals surface area contributed by atoms with E-state index in [1.807, 2.05) is 24.3 Å². The zero-order valence-corrected chi connectivity index (χ0v) is 13.7. The number of anilines is 1. The Kier molecular flexibility index (Phi) is 3.27. The van der Waals surface area contributed by atoms with Gasteiger partial charge in [-0.3, -0.25) is 9.59 Å². The molecule has 0 saturated heterocycles. The van der Waals surface area contributed by atoms with Crippen LogP contribution in [-0.2, 0) is 16.0 Å². The van der Waals surface area contributed by atoms with Gasteiger partial charge in [-0.15, -0.1) is 0 Å². The molecular formula is C20H18N2O2. The highest BCUT2D eigenvalue weighted by Crippen LogP contribution is 2.41. The van der Waals surface area contributed by atoms with Crippen LogP contribution in [0.2, 0.25) is 0 Å². The molecule has 0 aromatic heterocycles. The summed E-state index contributed by atoms with van der Waals surface area (Å²) in [5.41, 5.74) is 2.07. The minimum absolute atomic E-state index is 0.0712. The van der Waals surface area contributed by atoms with Crippen molar-refractivity contribution < 1.29 is 9.59 Å². The summed E-state index contributed by atoms with van der Waals surface area (Å²) in [6.45, 7) is 1.45. The number of benzene rings is 3. The maximum absolute atomic E-state index is 12.7. The Labute approximate surface area is 140 Å². The van der Waals surface area contributed by atoms with Gasteiger partial charge in [-0.1, -0.05) is 48.5 Å². The summed E-state index contributed by atoms with van der Waals surface area (Å²) in [6, 6.07) is 15.9. The van der Waals surface area contributed by atoms with Crippen molar-refractivity contribution in [2.45, 2.75) is 19.4 Å². The second-order valence-electron chi connectivity index (χ2n) is 6.27. The molecule has 1 N–H and O–H groups in total. The normalized spacial score (nSPS) is 17.2. The average molecular weight is 318 g/mol. The number of nitrogens with one attached hydrogen (secondary N) is 1. The molecule has 0 saturated carbocycles. The molecule has 0 aliphatic carbocycles. The van der Waals surface area contributed by atoms with E-state index in [-0.39, 0.29) is 11.8 Å². The Hall–Kier alpha value is -2.88. The van der Waals surface area contributed by atoms with E-state index in [9.17, 15) is 9.59 Å². The topological polar surface area (TPSA) is 49.4 Å². The second kappa shape index (κ2) is 5.34. The van der Waals surface area contributed by atoms with Gasteiger partial charge in [0.1, 0.15) is 6.04 Å². The van der Waals surface area contributed by atoms with E-state index in [4.69, 9.17) is 0 Å². The first-order valence-electron chi connectivity index (χ1n) is 8.05. The number of amides is 2. The van der Waals surface area contributed by atoms with Gasteiger partial charge in [-0.25, -0.2) is 0 Å². The van der Waals surface area contributed by atoms with Crippen LogP contribution in [0.1, 0.15) is 12.5 Å². The Morgan fingerprint density at radius 1 is 1.00 bits per heavy atom. The summed E-state index contributed by atoms with van der Waals surface area (Å²) in [5, 5.41) is 7.32. The Morgan fingerprint density at radius 3 is 2.17 bits per heavy atom. The summed E-state index contributed by atoms with van der Waals surface area (Å²) in [4.78, 5) is 25.9. The van der Waals surface area contributed by atoms with E-state index in [0.29, 0.717) is 6.42 Å². The molecule has 1 heterocycles. The van der Waals surface area contributed by atoms with Crippen LogP contribution >= 0.6 is 0 Å². The Bertz CT molecular complexity index is 994. The molecule has 1 atom stereocenters. The summed E-state index contributed by atoms with van der Waals surface area (Å²) in [5.74, 6) is -0.256. The first-order valence-corrected chi connectivity index (χ1v) is 8.05. The van der Waals surface area contributed by atoms with Crippen LogP contribution in [0.5, 0.6) is 0 Å². The standard InChI is InChI=1S/C20H18N2O2/c1-12(23)21-18-11-17-15-9-4-3-7-13(15)14-8-5-6-10-16(14)19(17)22(2)20(18)24/h3-10,18H,11H2,1-2H3,(H,21,23)/t18-/m0/s1.